The molecule has 7 heteroatoms. The molecule has 0 atom stereocenters. The summed E-state index contributed by atoms with van der Waals surface area (Å²) >= 11 is 0. The van der Waals surface area contributed by atoms with Gasteiger partial charge >= 0.3 is 0 Å². The van der Waals surface area contributed by atoms with Crippen LogP contribution in [0, 0.1) is 0 Å². The van der Waals surface area contributed by atoms with Crippen molar-refractivity contribution in [1.82, 2.24) is 19.6 Å². The second-order valence-corrected chi connectivity index (χ2v) is 5.09. The second-order valence-electron chi connectivity index (χ2n) is 5.09. The van der Waals surface area contributed by atoms with Crippen molar-refractivity contribution in [3.63, 3.8) is 0 Å². The Morgan fingerprint density at radius 1 is 1.12 bits per heavy atom. The number of aromatic nitrogens is 4. The highest BCUT2D eigenvalue weighted by Gasteiger charge is 2.09. The minimum Gasteiger partial charge on any atom is -0.496 e. The van der Waals surface area contributed by atoms with E-state index < -0.39 is 0 Å². The number of nitrogens with zero attached hydrogens (tertiary/aromatic N) is 5. The van der Waals surface area contributed by atoms with Crippen LogP contribution >= 0.6 is 0 Å². The Hall–Kier alpha value is -3.48. The zero-order valence-electron chi connectivity index (χ0n) is 12.9. The molecule has 0 aliphatic rings. The maximum atomic E-state index is 5.30. The number of rotatable bonds is 4. The van der Waals surface area contributed by atoms with Crippen molar-refractivity contribution < 1.29 is 4.74 Å². The smallest absolute Gasteiger partial charge is 0.205 e. The molecule has 0 aliphatic carbocycles. The predicted molar refractivity (Wildman–Crippen MR) is 92.5 cm³/mol. The normalized spacial score (nSPS) is 11.4. The Balaban J connectivity index is 1.71. The highest BCUT2D eigenvalue weighted by molar-refractivity contribution is 5.85. The fourth-order valence-electron chi connectivity index (χ4n) is 2.52. The molecule has 0 aliphatic heterocycles. The molecule has 0 spiro atoms. The molecule has 0 amide bonds. The first kappa shape index (κ1) is 14.1. The Bertz CT molecular complexity index is 1040. The van der Waals surface area contributed by atoms with E-state index in [1.807, 2.05) is 52.9 Å². The van der Waals surface area contributed by atoms with Gasteiger partial charge in [0.1, 0.15) is 12.1 Å². The first-order chi connectivity index (χ1) is 11.9. The summed E-state index contributed by atoms with van der Waals surface area (Å²) < 4.78 is 7.18. The van der Waals surface area contributed by atoms with Crippen LogP contribution in [0.5, 0.6) is 5.75 Å². The minimum absolute atomic E-state index is 0.539. The molecule has 0 saturated heterocycles. The lowest BCUT2D eigenvalue weighted by molar-refractivity contribution is 0.414. The summed E-state index contributed by atoms with van der Waals surface area (Å²) in [5.74, 6) is 1.29. The maximum absolute atomic E-state index is 5.30. The van der Waals surface area contributed by atoms with Gasteiger partial charge in [0.25, 0.3) is 0 Å². The summed E-state index contributed by atoms with van der Waals surface area (Å²) in [5, 5.41) is 12.3. The van der Waals surface area contributed by atoms with E-state index >= 15 is 0 Å². The summed E-state index contributed by atoms with van der Waals surface area (Å²) in [6.45, 7) is 0. The van der Waals surface area contributed by atoms with E-state index in [0.29, 0.717) is 11.5 Å². The zero-order valence-corrected chi connectivity index (χ0v) is 12.9. The highest BCUT2D eigenvalue weighted by Crippen LogP contribution is 2.20. The maximum Gasteiger partial charge on any atom is 0.205 e. The first-order valence-electron chi connectivity index (χ1n) is 7.37. The van der Waals surface area contributed by atoms with Gasteiger partial charge in [0.15, 0.2) is 5.82 Å². The van der Waals surface area contributed by atoms with Crippen molar-refractivity contribution in [3.8, 4) is 5.75 Å². The lowest BCUT2D eigenvalue weighted by atomic mass is 10.2. The van der Waals surface area contributed by atoms with Gasteiger partial charge in [-0.2, -0.15) is 5.10 Å². The number of methoxy groups -OCH3 is 1. The average molecular weight is 318 g/mol. The van der Waals surface area contributed by atoms with Crippen molar-refractivity contribution in [1.29, 1.82) is 0 Å². The standard InChI is InChI=1S/C17H14N6O/c1-24-15-9-5-2-6-12(15)10-18-21-16-17-22-19-11-23(17)14-8-4-3-7-13(14)20-16/h2-11H,1H3,(H,20,21)/b18-10+. The Morgan fingerprint density at radius 2 is 1.96 bits per heavy atom. The molecule has 7 nitrogen and oxygen atoms in total. The average Bonchev–Trinajstić information content (AvgIpc) is 3.12. The summed E-state index contributed by atoms with van der Waals surface area (Å²) in [6, 6.07) is 15.4. The molecule has 1 N–H and O–H groups in total. The monoisotopic (exact) mass is 318 g/mol. The molecular weight excluding hydrogens is 304 g/mol. The summed E-state index contributed by atoms with van der Waals surface area (Å²) in [5.41, 5.74) is 6.20. The molecule has 2 heterocycles. The lowest BCUT2D eigenvalue weighted by Crippen LogP contribution is -2.00. The largest absolute Gasteiger partial charge is 0.496 e. The molecular formula is C17H14N6O. The van der Waals surface area contributed by atoms with Crippen LogP contribution in [0.4, 0.5) is 5.82 Å². The number of fused-ring (bicyclic) bond motifs is 3. The summed E-state index contributed by atoms with van der Waals surface area (Å²) in [7, 11) is 1.63. The molecule has 2 aromatic carbocycles. The number of benzene rings is 2. The Kier molecular flexibility index (Phi) is 3.51. The van der Waals surface area contributed by atoms with Crippen LogP contribution in [0.1, 0.15) is 5.56 Å². The van der Waals surface area contributed by atoms with E-state index in [4.69, 9.17) is 4.74 Å². The van der Waals surface area contributed by atoms with Gasteiger partial charge in [-0.3, -0.25) is 9.83 Å². The molecule has 0 radical (unpaired) electrons. The molecule has 2 aromatic heterocycles. The quantitative estimate of drug-likeness (QED) is 0.462. The van der Waals surface area contributed by atoms with Crippen molar-refractivity contribution in [2.45, 2.75) is 0 Å². The molecule has 0 saturated carbocycles. The molecule has 0 fully saturated rings. The molecule has 4 rings (SSSR count). The predicted octanol–water partition coefficient (Wildman–Crippen LogP) is 2.73. The third-order valence-corrected chi connectivity index (χ3v) is 3.65. The van der Waals surface area contributed by atoms with E-state index in [2.05, 4.69) is 25.7 Å². The van der Waals surface area contributed by atoms with Crippen LogP contribution < -0.4 is 10.2 Å². The van der Waals surface area contributed by atoms with E-state index in [1.54, 1.807) is 19.7 Å². The number of hydrogen-bond acceptors (Lipinski definition) is 6. The summed E-state index contributed by atoms with van der Waals surface area (Å²) in [6.07, 6.45) is 3.34. The lowest BCUT2D eigenvalue weighted by Gasteiger charge is -2.06. The fourth-order valence-corrected chi connectivity index (χ4v) is 2.52. The zero-order chi connectivity index (χ0) is 16.4. The van der Waals surface area contributed by atoms with Crippen molar-refractivity contribution >= 4 is 28.7 Å². The van der Waals surface area contributed by atoms with Crippen LogP contribution in [0.15, 0.2) is 60.0 Å². The van der Waals surface area contributed by atoms with Crippen LogP contribution in [0.2, 0.25) is 0 Å². The first-order valence-corrected chi connectivity index (χ1v) is 7.37. The molecule has 0 unspecified atom stereocenters. The Labute approximate surface area is 137 Å². The molecule has 0 bridgehead atoms. The number of hydrogen-bond donors (Lipinski definition) is 1. The van der Waals surface area contributed by atoms with Crippen LogP contribution in [0.3, 0.4) is 0 Å². The third-order valence-electron chi connectivity index (χ3n) is 3.65. The molecule has 118 valence electrons. The van der Waals surface area contributed by atoms with Crippen LogP contribution in [0.25, 0.3) is 16.7 Å². The Morgan fingerprint density at radius 3 is 2.88 bits per heavy atom. The number of hydrazone groups is 1. The van der Waals surface area contributed by atoms with Gasteiger partial charge in [-0.25, -0.2) is 4.98 Å². The second kappa shape index (κ2) is 5.96. The van der Waals surface area contributed by atoms with Gasteiger partial charge in [-0.05, 0) is 24.3 Å². The van der Waals surface area contributed by atoms with E-state index in [9.17, 15) is 0 Å². The fraction of sp³-hybridized carbons (Fsp3) is 0.0588. The topological polar surface area (TPSA) is 76.7 Å². The van der Waals surface area contributed by atoms with Gasteiger partial charge < -0.3 is 4.74 Å². The summed E-state index contributed by atoms with van der Waals surface area (Å²) in [4.78, 5) is 4.57. The number of anilines is 1. The van der Waals surface area contributed by atoms with E-state index in [0.717, 1.165) is 22.3 Å². The van der Waals surface area contributed by atoms with Gasteiger partial charge in [-0.1, -0.05) is 24.3 Å². The SMILES string of the molecule is COc1ccccc1/C=N/Nc1nc2ccccc2n2cnnc12. The molecule has 24 heavy (non-hydrogen) atoms. The van der Waals surface area contributed by atoms with Gasteiger partial charge in [0.2, 0.25) is 5.65 Å². The van der Waals surface area contributed by atoms with Gasteiger partial charge in [0.05, 0.1) is 24.4 Å². The number of para-hydroxylation sites is 3. The van der Waals surface area contributed by atoms with Crippen molar-refractivity contribution in [2.24, 2.45) is 5.10 Å². The van der Waals surface area contributed by atoms with Crippen molar-refractivity contribution in [3.05, 3.63) is 60.4 Å². The van der Waals surface area contributed by atoms with Gasteiger partial charge in [-0.15, -0.1) is 10.2 Å². The third kappa shape index (κ3) is 2.41. The van der Waals surface area contributed by atoms with E-state index in [-0.39, 0.29) is 0 Å². The number of ether oxygens (including phenoxy) is 1. The minimum atomic E-state index is 0.539. The van der Waals surface area contributed by atoms with Crippen LogP contribution in [-0.4, -0.2) is 32.9 Å². The van der Waals surface area contributed by atoms with Crippen LogP contribution in [-0.2, 0) is 0 Å². The van der Waals surface area contributed by atoms with Gasteiger partial charge in [0, 0.05) is 5.56 Å². The van der Waals surface area contributed by atoms with Crippen molar-refractivity contribution in [2.75, 3.05) is 12.5 Å². The van der Waals surface area contributed by atoms with E-state index in [1.165, 1.54) is 0 Å². The number of nitrogens with one attached hydrogen (secondary N) is 1. The molecule has 4 aromatic rings. The highest BCUT2D eigenvalue weighted by atomic mass is 16.5.